The zero-order chi connectivity index (χ0) is 16.2. The first-order valence-electron chi connectivity index (χ1n) is 8.21. The number of aliphatic imine (C=N–C) groups is 1. The standard InChI is InChI=1S/C18H29N3O.HI/c1-5-19-17(21-11-10-16(22)13-21)20-12-14-6-8-15(9-7-14)18(2,3)4;/h6-9,16,22H,5,10-13H2,1-4H3,(H,19,20);1H/t16-;/m1./s1. The summed E-state index contributed by atoms with van der Waals surface area (Å²) in [6.07, 6.45) is 0.597. The van der Waals surface area contributed by atoms with Crippen LogP contribution in [0.3, 0.4) is 0 Å². The second-order valence-electron chi connectivity index (χ2n) is 7.01. The summed E-state index contributed by atoms with van der Waals surface area (Å²) in [6.45, 7) is 11.8. The van der Waals surface area contributed by atoms with Gasteiger partial charge in [0, 0.05) is 19.6 Å². The molecule has 1 aromatic carbocycles. The third-order valence-corrected chi connectivity index (χ3v) is 4.03. The molecule has 0 bridgehead atoms. The molecule has 0 aromatic heterocycles. The maximum atomic E-state index is 9.68. The lowest BCUT2D eigenvalue weighted by Gasteiger charge is -2.21. The summed E-state index contributed by atoms with van der Waals surface area (Å²) in [5.74, 6) is 0.902. The first-order valence-corrected chi connectivity index (χ1v) is 8.21. The molecule has 2 N–H and O–H groups in total. The molecule has 4 nitrogen and oxygen atoms in total. The molecule has 0 amide bonds. The molecular weight excluding hydrogens is 401 g/mol. The summed E-state index contributed by atoms with van der Waals surface area (Å²) in [5, 5.41) is 13.0. The lowest BCUT2D eigenvalue weighted by Crippen LogP contribution is -2.40. The molecule has 1 aliphatic rings. The summed E-state index contributed by atoms with van der Waals surface area (Å²) >= 11 is 0. The fraction of sp³-hybridized carbons (Fsp3) is 0.611. The van der Waals surface area contributed by atoms with Crippen LogP contribution in [0.1, 0.15) is 45.2 Å². The van der Waals surface area contributed by atoms with Gasteiger partial charge in [-0.3, -0.25) is 0 Å². The van der Waals surface area contributed by atoms with Gasteiger partial charge in [-0.25, -0.2) is 4.99 Å². The van der Waals surface area contributed by atoms with Crippen molar-refractivity contribution in [3.8, 4) is 0 Å². The number of aliphatic hydroxyl groups excluding tert-OH is 1. The van der Waals surface area contributed by atoms with E-state index in [2.05, 4.69) is 62.2 Å². The van der Waals surface area contributed by atoms with Gasteiger partial charge in [-0.1, -0.05) is 45.0 Å². The molecule has 0 radical (unpaired) electrons. The molecule has 1 aromatic rings. The van der Waals surface area contributed by atoms with E-state index in [0.29, 0.717) is 13.1 Å². The van der Waals surface area contributed by atoms with Crippen molar-refractivity contribution in [1.82, 2.24) is 10.2 Å². The molecule has 0 aliphatic carbocycles. The first-order chi connectivity index (χ1) is 10.4. The summed E-state index contributed by atoms with van der Waals surface area (Å²) in [7, 11) is 0. The van der Waals surface area contributed by atoms with Gasteiger partial charge in [0.1, 0.15) is 0 Å². The van der Waals surface area contributed by atoms with Crippen LogP contribution >= 0.6 is 24.0 Å². The average Bonchev–Trinajstić information content (AvgIpc) is 2.89. The predicted molar refractivity (Wildman–Crippen MR) is 108 cm³/mol. The van der Waals surface area contributed by atoms with Crippen molar-refractivity contribution in [2.45, 2.75) is 52.2 Å². The van der Waals surface area contributed by atoms with E-state index in [9.17, 15) is 5.11 Å². The molecule has 0 unspecified atom stereocenters. The lowest BCUT2D eigenvalue weighted by molar-refractivity contribution is 0.188. The topological polar surface area (TPSA) is 47.9 Å². The minimum Gasteiger partial charge on any atom is -0.391 e. The normalized spacial score (nSPS) is 18.7. The van der Waals surface area contributed by atoms with Gasteiger partial charge in [-0.15, -0.1) is 24.0 Å². The minimum absolute atomic E-state index is 0. The summed E-state index contributed by atoms with van der Waals surface area (Å²) in [4.78, 5) is 6.85. The highest BCUT2D eigenvalue weighted by Gasteiger charge is 2.22. The number of hydrogen-bond donors (Lipinski definition) is 2. The fourth-order valence-electron chi connectivity index (χ4n) is 2.64. The van der Waals surface area contributed by atoms with Crippen molar-refractivity contribution < 1.29 is 5.11 Å². The van der Waals surface area contributed by atoms with Gasteiger partial charge < -0.3 is 15.3 Å². The van der Waals surface area contributed by atoms with E-state index in [1.165, 1.54) is 11.1 Å². The van der Waals surface area contributed by atoms with E-state index in [1.54, 1.807) is 0 Å². The molecule has 23 heavy (non-hydrogen) atoms. The van der Waals surface area contributed by atoms with Gasteiger partial charge in [0.05, 0.1) is 12.6 Å². The summed E-state index contributed by atoms with van der Waals surface area (Å²) in [5.41, 5.74) is 2.74. The van der Waals surface area contributed by atoms with E-state index in [4.69, 9.17) is 4.99 Å². The Balaban J connectivity index is 0.00000264. The van der Waals surface area contributed by atoms with Crippen LogP contribution in [0.2, 0.25) is 0 Å². The second kappa shape index (κ2) is 8.87. The molecule has 1 heterocycles. The number of rotatable bonds is 3. The van der Waals surface area contributed by atoms with Crippen LogP contribution in [0, 0.1) is 0 Å². The summed E-state index contributed by atoms with van der Waals surface area (Å²) in [6, 6.07) is 8.70. The zero-order valence-corrected chi connectivity index (χ0v) is 17.0. The van der Waals surface area contributed by atoms with Crippen LogP contribution in [0.5, 0.6) is 0 Å². The van der Waals surface area contributed by atoms with E-state index >= 15 is 0 Å². The first kappa shape index (κ1) is 20.2. The van der Waals surface area contributed by atoms with Crippen LogP contribution in [-0.4, -0.2) is 41.7 Å². The molecule has 130 valence electrons. The van der Waals surface area contributed by atoms with Crippen molar-refractivity contribution >= 4 is 29.9 Å². The van der Waals surface area contributed by atoms with Crippen molar-refractivity contribution in [2.24, 2.45) is 4.99 Å². The Hall–Kier alpha value is -0.820. The number of guanidine groups is 1. The number of halogens is 1. The minimum atomic E-state index is -0.227. The highest BCUT2D eigenvalue weighted by Crippen LogP contribution is 2.22. The van der Waals surface area contributed by atoms with Gasteiger partial charge in [-0.2, -0.15) is 0 Å². The maximum Gasteiger partial charge on any atom is 0.194 e. The van der Waals surface area contributed by atoms with Crippen molar-refractivity contribution in [3.05, 3.63) is 35.4 Å². The van der Waals surface area contributed by atoms with Gasteiger partial charge in [-0.05, 0) is 29.9 Å². The number of benzene rings is 1. The van der Waals surface area contributed by atoms with Crippen molar-refractivity contribution in [3.63, 3.8) is 0 Å². The van der Waals surface area contributed by atoms with Crippen LogP contribution < -0.4 is 5.32 Å². The molecule has 1 saturated heterocycles. The number of aliphatic hydroxyl groups is 1. The number of hydrogen-bond acceptors (Lipinski definition) is 2. The fourth-order valence-corrected chi connectivity index (χ4v) is 2.64. The van der Waals surface area contributed by atoms with Crippen LogP contribution in [0.25, 0.3) is 0 Å². The van der Waals surface area contributed by atoms with Crippen molar-refractivity contribution in [2.75, 3.05) is 19.6 Å². The number of nitrogens with zero attached hydrogens (tertiary/aromatic N) is 2. The maximum absolute atomic E-state index is 9.68. The SMILES string of the molecule is CCNC(=NCc1ccc(C(C)(C)C)cc1)N1CC[C@@H](O)C1.I. The molecule has 5 heteroatoms. The Morgan fingerprint density at radius 1 is 1.30 bits per heavy atom. The molecule has 0 saturated carbocycles. The Labute approximate surface area is 157 Å². The average molecular weight is 431 g/mol. The van der Waals surface area contributed by atoms with E-state index in [-0.39, 0.29) is 35.5 Å². The van der Waals surface area contributed by atoms with Gasteiger partial charge in [0.25, 0.3) is 0 Å². The van der Waals surface area contributed by atoms with E-state index in [1.807, 2.05) is 0 Å². The quantitative estimate of drug-likeness (QED) is 0.439. The monoisotopic (exact) mass is 431 g/mol. The third kappa shape index (κ3) is 5.95. The van der Waals surface area contributed by atoms with Gasteiger partial charge >= 0.3 is 0 Å². The molecule has 1 aliphatic heterocycles. The lowest BCUT2D eigenvalue weighted by atomic mass is 9.87. The Kier molecular flexibility index (Phi) is 7.80. The third-order valence-electron chi connectivity index (χ3n) is 4.03. The number of β-amino-alcohol motifs (C(OH)–C–C–N with tert-alkyl or cyclic N) is 1. The van der Waals surface area contributed by atoms with Gasteiger partial charge in [0.2, 0.25) is 0 Å². The molecule has 0 spiro atoms. The number of likely N-dealkylation sites (tertiary alicyclic amines) is 1. The Morgan fingerprint density at radius 2 is 1.96 bits per heavy atom. The van der Waals surface area contributed by atoms with Crippen LogP contribution in [0.4, 0.5) is 0 Å². The van der Waals surface area contributed by atoms with E-state index < -0.39 is 0 Å². The Morgan fingerprint density at radius 3 is 2.43 bits per heavy atom. The number of nitrogens with one attached hydrogen (secondary N) is 1. The second-order valence-corrected chi connectivity index (χ2v) is 7.01. The Bertz CT molecular complexity index is 508. The smallest absolute Gasteiger partial charge is 0.194 e. The molecule has 1 fully saturated rings. The van der Waals surface area contributed by atoms with E-state index in [0.717, 1.165) is 25.5 Å². The molecule has 1 atom stereocenters. The molecule has 2 rings (SSSR count). The van der Waals surface area contributed by atoms with Crippen molar-refractivity contribution in [1.29, 1.82) is 0 Å². The highest BCUT2D eigenvalue weighted by molar-refractivity contribution is 14.0. The van der Waals surface area contributed by atoms with Gasteiger partial charge in [0.15, 0.2) is 5.96 Å². The predicted octanol–water partition coefficient (Wildman–Crippen LogP) is 3.13. The largest absolute Gasteiger partial charge is 0.391 e. The zero-order valence-electron chi connectivity index (χ0n) is 14.7. The summed E-state index contributed by atoms with van der Waals surface area (Å²) < 4.78 is 0. The molecular formula is C18H30IN3O. The highest BCUT2D eigenvalue weighted by atomic mass is 127. The van der Waals surface area contributed by atoms with Crippen LogP contribution in [-0.2, 0) is 12.0 Å². The van der Waals surface area contributed by atoms with Crippen LogP contribution in [0.15, 0.2) is 29.3 Å².